The molecule has 53 heavy (non-hydrogen) atoms. The van der Waals surface area contributed by atoms with E-state index in [4.69, 9.17) is 19.9 Å². The zero-order valence-electron chi connectivity index (χ0n) is 29.1. The second kappa shape index (κ2) is 16.0. The van der Waals surface area contributed by atoms with Crippen molar-refractivity contribution in [2.24, 2.45) is 5.41 Å². The summed E-state index contributed by atoms with van der Waals surface area (Å²) in [7, 11) is 0. The van der Waals surface area contributed by atoms with Crippen LogP contribution in [-0.4, -0.2) is 75.2 Å². The van der Waals surface area contributed by atoms with Gasteiger partial charge in [0.1, 0.15) is 18.5 Å². The standard InChI is InChI=1S/C37H39F3IN7O5/c1-3-51-33(49)29-21-36(23-47(29)35(50)52-22-26-7-5-4-6-8-26)13-17-46(18-14-36)30-20-31(44-34(42)43-30)53-32(37(38,39)40)27-10-9-25(11-15-41)19-28(27)48-16-12-24(2)45-48/h4-12,15-16,19-20,29,32H,3,13-14,17-18,21-23H2,1-2H3,(H2,42,43,44)/b15-11+/t29-,32+/m0/s1. The Hall–Kier alpha value is -4.87. The maximum Gasteiger partial charge on any atom is 0.429 e. The highest BCUT2D eigenvalue weighted by Gasteiger charge is 2.51. The van der Waals surface area contributed by atoms with Gasteiger partial charge in [-0.05, 0) is 71.9 Å². The molecule has 2 aliphatic rings. The van der Waals surface area contributed by atoms with E-state index in [-0.39, 0.29) is 42.8 Å². The number of nitrogen functional groups attached to an aromatic ring is 1. The molecule has 2 aromatic carbocycles. The molecule has 2 saturated heterocycles. The molecule has 0 saturated carbocycles. The third-order valence-corrected chi connectivity index (χ3v) is 9.82. The van der Waals surface area contributed by atoms with Gasteiger partial charge >= 0.3 is 18.2 Å². The molecule has 280 valence electrons. The maximum absolute atomic E-state index is 14.8. The van der Waals surface area contributed by atoms with Gasteiger partial charge in [-0.1, -0.05) is 65.1 Å². The average Bonchev–Trinajstić information content (AvgIpc) is 3.74. The summed E-state index contributed by atoms with van der Waals surface area (Å²) in [6, 6.07) is 16.1. The van der Waals surface area contributed by atoms with Crippen LogP contribution in [0.5, 0.6) is 5.88 Å². The number of hydrogen-bond acceptors (Lipinski definition) is 10. The van der Waals surface area contributed by atoms with E-state index in [1.165, 1.54) is 21.7 Å². The fourth-order valence-electron chi connectivity index (χ4n) is 6.86. The molecule has 2 aromatic heterocycles. The van der Waals surface area contributed by atoms with E-state index < -0.39 is 35.8 Å². The Balaban J connectivity index is 1.20. The molecular weight excluding hydrogens is 806 g/mol. The number of halogens is 4. The molecule has 0 bridgehead atoms. The van der Waals surface area contributed by atoms with E-state index in [2.05, 4.69) is 15.1 Å². The number of aromatic nitrogens is 4. The Bertz CT molecular complexity index is 1950. The van der Waals surface area contributed by atoms with Gasteiger partial charge in [0.05, 0.1) is 18.0 Å². The predicted molar refractivity (Wildman–Crippen MR) is 199 cm³/mol. The minimum Gasteiger partial charge on any atom is -0.464 e. The Morgan fingerprint density at radius 2 is 1.83 bits per heavy atom. The molecule has 2 atom stereocenters. The van der Waals surface area contributed by atoms with Gasteiger partial charge in [0, 0.05) is 37.5 Å². The Morgan fingerprint density at radius 3 is 2.49 bits per heavy atom. The van der Waals surface area contributed by atoms with Gasteiger partial charge in [0.15, 0.2) is 0 Å². The predicted octanol–water partition coefficient (Wildman–Crippen LogP) is 7.20. The highest BCUT2D eigenvalue weighted by molar-refractivity contribution is 14.1. The number of ether oxygens (including phenoxy) is 3. The van der Waals surface area contributed by atoms with E-state index in [1.54, 1.807) is 48.4 Å². The average molecular weight is 846 g/mol. The fraction of sp³-hybridized carbons (Fsp3) is 0.378. The number of aryl methyl sites for hydroxylation is 1. The summed E-state index contributed by atoms with van der Waals surface area (Å²) in [6.45, 7) is 4.83. The van der Waals surface area contributed by atoms with E-state index in [0.29, 0.717) is 49.4 Å². The molecule has 2 aliphatic heterocycles. The number of nitrogens with zero attached hydrogens (tertiary/aromatic N) is 6. The first kappa shape index (κ1) is 37.9. The number of likely N-dealkylation sites (tertiary alicyclic amines) is 1. The summed E-state index contributed by atoms with van der Waals surface area (Å²) < 4.78 is 64.1. The Morgan fingerprint density at radius 1 is 1.08 bits per heavy atom. The minimum atomic E-state index is -4.83. The molecule has 4 aromatic rings. The van der Waals surface area contributed by atoms with Crippen LogP contribution in [0.1, 0.15) is 54.7 Å². The monoisotopic (exact) mass is 845 g/mol. The molecular formula is C37H39F3IN7O5. The molecule has 4 heterocycles. The van der Waals surface area contributed by atoms with Gasteiger partial charge in [0.2, 0.25) is 17.9 Å². The topological polar surface area (TPSA) is 138 Å². The molecule has 0 radical (unpaired) electrons. The Kier molecular flexibility index (Phi) is 11.4. The first-order valence-electron chi connectivity index (χ1n) is 17.1. The molecule has 16 heteroatoms. The van der Waals surface area contributed by atoms with Crippen molar-refractivity contribution in [1.82, 2.24) is 24.6 Å². The van der Waals surface area contributed by atoms with Gasteiger partial charge in [-0.15, -0.1) is 0 Å². The number of hydrogen-bond donors (Lipinski definition) is 1. The van der Waals surface area contributed by atoms with Crippen molar-refractivity contribution in [1.29, 1.82) is 0 Å². The second-order valence-electron chi connectivity index (χ2n) is 13.1. The number of carbonyl (C=O) groups excluding carboxylic acids is 2. The molecule has 12 nitrogen and oxygen atoms in total. The van der Waals surface area contributed by atoms with E-state index >= 15 is 0 Å². The van der Waals surface area contributed by atoms with Crippen molar-refractivity contribution in [3.8, 4) is 11.6 Å². The van der Waals surface area contributed by atoms with Gasteiger partial charge in [-0.2, -0.15) is 28.2 Å². The molecule has 0 aliphatic carbocycles. The molecule has 2 fully saturated rings. The largest absolute Gasteiger partial charge is 0.464 e. The molecule has 6 rings (SSSR count). The number of anilines is 2. The summed E-state index contributed by atoms with van der Waals surface area (Å²) in [5.41, 5.74) is 7.81. The van der Waals surface area contributed by atoms with Crippen molar-refractivity contribution in [3.63, 3.8) is 0 Å². The highest BCUT2D eigenvalue weighted by Crippen LogP contribution is 2.45. The van der Waals surface area contributed by atoms with Crippen LogP contribution in [0.25, 0.3) is 11.8 Å². The number of nitrogens with two attached hydrogens (primary N) is 1. The SMILES string of the molecule is CCOC(=O)[C@@H]1CC2(CCN(c3cc(O[C@H](c4ccc(/C=C/I)cc4-n4ccc(C)n4)C(F)(F)F)nc(N)n3)CC2)CN1C(=O)OCc1ccccc1. The molecule has 1 amide bonds. The van der Waals surface area contributed by atoms with Gasteiger partial charge in [-0.25, -0.2) is 14.3 Å². The zero-order valence-corrected chi connectivity index (χ0v) is 31.3. The highest BCUT2D eigenvalue weighted by atomic mass is 127. The van der Waals surface area contributed by atoms with Crippen LogP contribution in [0.15, 0.2) is 70.9 Å². The first-order chi connectivity index (χ1) is 25.4. The second-order valence-corrected chi connectivity index (χ2v) is 13.8. The van der Waals surface area contributed by atoms with E-state index in [9.17, 15) is 22.8 Å². The third-order valence-electron chi connectivity index (χ3n) is 9.46. The van der Waals surface area contributed by atoms with Crippen LogP contribution in [0.2, 0.25) is 0 Å². The number of rotatable bonds is 10. The van der Waals surface area contributed by atoms with E-state index in [0.717, 1.165) is 5.56 Å². The Labute approximate surface area is 318 Å². The summed E-state index contributed by atoms with van der Waals surface area (Å²) in [5.74, 6) is -0.785. The summed E-state index contributed by atoms with van der Waals surface area (Å²) in [4.78, 5) is 38.0. The number of carbonyl (C=O) groups is 2. The van der Waals surface area contributed by atoms with Gasteiger partial charge in [-0.3, -0.25) is 4.90 Å². The number of alkyl halides is 3. The van der Waals surface area contributed by atoms with Crippen LogP contribution in [0.3, 0.4) is 0 Å². The van der Waals surface area contributed by atoms with Crippen molar-refractivity contribution < 1.29 is 37.0 Å². The third kappa shape index (κ3) is 8.85. The molecule has 2 N–H and O–H groups in total. The first-order valence-corrected chi connectivity index (χ1v) is 18.3. The number of benzene rings is 2. The summed E-state index contributed by atoms with van der Waals surface area (Å²) in [5, 5.41) is 4.35. The van der Waals surface area contributed by atoms with Crippen molar-refractivity contribution in [2.45, 2.75) is 58.0 Å². The van der Waals surface area contributed by atoms with Gasteiger partial charge in [0.25, 0.3) is 0 Å². The number of esters is 1. The lowest BCUT2D eigenvalue weighted by Gasteiger charge is -2.39. The maximum atomic E-state index is 14.8. The number of piperidine rings is 1. The number of amides is 1. The van der Waals surface area contributed by atoms with Crippen LogP contribution < -0.4 is 15.4 Å². The lowest BCUT2D eigenvalue weighted by atomic mass is 9.76. The van der Waals surface area contributed by atoms with Crippen molar-refractivity contribution in [3.05, 3.63) is 93.3 Å². The van der Waals surface area contributed by atoms with Crippen molar-refractivity contribution >= 4 is 52.5 Å². The lowest BCUT2D eigenvalue weighted by molar-refractivity contribution is -0.198. The lowest BCUT2D eigenvalue weighted by Crippen LogP contribution is -2.43. The van der Waals surface area contributed by atoms with Crippen LogP contribution >= 0.6 is 22.6 Å². The van der Waals surface area contributed by atoms with E-state index in [1.807, 2.05) is 57.8 Å². The minimum absolute atomic E-state index is 0.0622. The smallest absolute Gasteiger partial charge is 0.429 e. The van der Waals surface area contributed by atoms with Crippen LogP contribution in [-0.2, 0) is 20.9 Å². The summed E-state index contributed by atoms with van der Waals surface area (Å²) >= 11 is 2.04. The van der Waals surface area contributed by atoms with Crippen molar-refractivity contribution in [2.75, 3.05) is 36.9 Å². The van der Waals surface area contributed by atoms with Crippen LogP contribution in [0.4, 0.5) is 29.7 Å². The summed E-state index contributed by atoms with van der Waals surface area (Å²) in [6.07, 6.45) is -2.97. The molecule has 0 unspecified atom stereocenters. The normalized spacial score (nSPS) is 17.7. The molecule has 1 spiro atoms. The zero-order chi connectivity index (χ0) is 37.8. The van der Waals surface area contributed by atoms with Crippen LogP contribution in [0, 0.1) is 12.3 Å². The van der Waals surface area contributed by atoms with Gasteiger partial charge < -0.3 is 24.8 Å². The fourth-order valence-corrected chi connectivity index (χ4v) is 7.27. The quantitative estimate of drug-likeness (QED) is 0.129.